The molecule has 1 atom stereocenters. The number of methoxy groups -OCH3 is 1. The van der Waals surface area contributed by atoms with Gasteiger partial charge < -0.3 is 9.47 Å². The summed E-state index contributed by atoms with van der Waals surface area (Å²) < 4.78 is 11.2. The van der Waals surface area contributed by atoms with E-state index in [2.05, 4.69) is 20.8 Å². The molecular formula is C15H20O3. The van der Waals surface area contributed by atoms with Crippen LogP contribution >= 0.6 is 0 Å². The van der Waals surface area contributed by atoms with Crippen molar-refractivity contribution < 1.29 is 14.3 Å². The fourth-order valence-corrected chi connectivity index (χ4v) is 2.23. The smallest absolute Gasteiger partial charge is 0.170 e. The number of benzene rings is 1. The highest BCUT2D eigenvalue weighted by Crippen LogP contribution is 2.40. The highest BCUT2D eigenvalue weighted by Gasteiger charge is 2.30. The Morgan fingerprint density at radius 1 is 1.33 bits per heavy atom. The van der Waals surface area contributed by atoms with Gasteiger partial charge in [-0.25, -0.2) is 0 Å². The SMILES string of the molecule is COc1cc2c(c(C(C)(C)C)c1)OC(C)CC2=O. The fourth-order valence-electron chi connectivity index (χ4n) is 2.23. The molecule has 18 heavy (non-hydrogen) atoms. The minimum atomic E-state index is -0.0873. The molecule has 0 saturated heterocycles. The topological polar surface area (TPSA) is 35.5 Å². The predicted octanol–water partition coefficient (Wildman–Crippen LogP) is 3.35. The molecule has 3 heteroatoms. The molecule has 1 aromatic rings. The minimum Gasteiger partial charge on any atom is -0.497 e. The van der Waals surface area contributed by atoms with Gasteiger partial charge in [0.25, 0.3) is 0 Å². The normalized spacial score (nSPS) is 19.2. The Hall–Kier alpha value is -1.51. The van der Waals surface area contributed by atoms with Crippen molar-refractivity contribution in [1.82, 2.24) is 0 Å². The molecule has 0 radical (unpaired) electrons. The van der Waals surface area contributed by atoms with E-state index in [1.165, 1.54) is 0 Å². The van der Waals surface area contributed by atoms with Crippen LogP contribution in [0.2, 0.25) is 0 Å². The summed E-state index contributed by atoms with van der Waals surface area (Å²) in [6.07, 6.45) is 0.378. The van der Waals surface area contributed by atoms with Crippen LogP contribution < -0.4 is 9.47 Å². The van der Waals surface area contributed by atoms with Gasteiger partial charge in [-0.15, -0.1) is 0 Å². The van der Waals surface area contributed by atoms with Crippen molar-refractivity contribution in [3.63, 3.8) is 0 Å². The van der Waals surface area contributed by atoms with Gasteiger partial charge in [-0.05, 0) is 24.5 Å². The third kappa shape index (κ3) is 2.22. The van der Waals surface area contributed by atoms with Gasteiger partial charge in [-0.2, -0.15) is 0 Å². The van der Waals surface area contributed by atoms with E-state index in [0.717, 1.165) is 11.3 Å². The van der Waals surface area contributed by atoms with Crippen LogP contribution in [0, 0.1) is 0 Å². The number of ketones is 1. The first-order valence-corrected chi connectivity index (χ1v) is 6.25. The molecule has 2 rings (SSSR count). The molecule has 0 saturated carbocycles. The molecule has 0 spiro atoms. The molecule has 1 aromatic carbocycles. The van der Waals surface area contributed by atoms with Crippen LogP contribution in [0.4, 0.5) is 0 Å². The molecule has 98 valence electrons. The van der Waals surface area contributed by atoms with Crippen molar-refractivity contribution in [1.29, 1.82) is 0 Å². The number of rotatable bonds is 1. The number of carbonyl (C=O) groups is 1. The lowest BCUT2D eigenvalue weighted by molar-refractivity contribution is 0.0866. The maximum absolute atomic E-state index is 12.1. The lowest BCUT2D eigenvalue weighted by atomic mass is 9.83. The zero-order valence-corrected chi connectivity index (χ0v) is 11.7. The Labute approximate surface area is 108 Å². The van der Waals surface area contributed by atoms with Gasteiger partial charge in [0.15, 0.2) is 5.78 Å². The second kappa shape index (κ2) is 4.30. The van der Waals surface area contributed by atoms with Crippen LogP contribution in [-0.2, 0) is 5.41 Å². The van der Waals surface area contributed by atoms with Crippen LogP contribution in [0.1, 0.15) is 50.0 Å². The van der Waals surface area contributed by atoms with Gasteiger partial charge in [-0.1, -0.05) is 20.8 Å². The number of hydrogen-bond acceptors (Lipinski definition) is 3. The van der Waals surface area contributed by atoms with E-state index in [0.29, 0.717) is 17.7 Å². The summed E-state index contributed by atoms with van der Waals surface area (Å²) in [4.78, 5) is 12.1. The van der Waals surface area contributed by atoms with E-state index in [-0.39, 0.29) is 17.3 Å². The van der Waals surface area contributed by atoms with Gasteiger partial charge in [0.2, 0.25) is 0 Å². The lowest BCUT2D eigenvalue weighted by Gasteiger charge is -2.30. The average molecular weight is 248 g/mol. The number of fused-ring (bicyclic) bond motifs is 1. The van der Waals surface area contributed by atoms with Crippen LogP contribution in [0.5, 0.6) is 11.5 Å². The molecule has 1 heterocycles. The maximum atomic E-state index is 12.1. The molecule has 1 aliphatic rings. The Morgan fingerprint density at radius 3 is 2.56 bits per heavy atom. The molecule has 0 N–H and O–H groups in total. The number of Topliss-reactive ketones (excluding diaryl/α,β-unsaturated/α-hetero) is 1. The summed E-state index contributed by atoms with van der Waals surface area (Å²) in [6.45, 7) is 8.25. The summed E-state index contributed by atoms with van der Waals surface area (Å²) in [7, 11) is 1.62. The molecular weight excluding hydrogens is 228 g/mol. The Kier molecular flexibility index (Phi) is 3.09. The molecule has 1 aliphatic heterocycles. The second-order valence-electron chi connectivity index (χ2n) is 5.86. The van der Waals surface area contributed by atoms with Crippen molar-refractivity contribution in [3.8, 4) is 11.5 Å². The van der Waals surface area contributed by atoms with Crippen molar-refractivity contribution >= 4 is 5.78 Å². The standard InChI is InChI=1S/C15H20O3/c1-9-6-13(16)11-7-10(17-5)8-12(14(11)18-9)15(2,3)4/h7-9H,6H2,1-5H3. The van der Waals surface area contributed by atoms with E-state index < -0.39 is 0 Å². The van der Waals surface area contributed by atoms with E-state index in [1.807, 2.05) is 13.0 Å². The van der Waals surface area contributed by atoms with E-state index in [4.69, 9.17) is 9.47 Å². The first-order chi connectivity index (χ1) is 8.32. The van der Waals surface area contributed by atoms with Crippen molar-refractivity contribution in [2.45, 2.75) is 45.6 Å². The van der Waals surface area contributed by atoms with Crippen LogP contribution in [-0.4, -0.2) is 19.0 Å². The van der Waals surface area contributed by atoms with Crippen molar-refractivity contribution in [2.24, 2.45) is 0 Å². The molecule has 1 unspecified atom stereocenters. The average Bonchev–Trinajstić information content (AvgIpc) is 2.26. The van der Waals surface area contributed by atoms with Gasteiger partial charge in [0.05, 0.1) is 12.7 Å². The Morgan fingerprint density at radius 2 is 2.00 bits per heavy atom. The Balaban J connectivity index is 2.66. The monoisotopic (exact) mass is 248 g/mol. The van der Waals surface area contributed by atoms with Crippen molar-refractivity contribution in [3.05, 3.63) is 23.3 Å². The van der Waals surface area contributed by atoms with Crippen LogP contribution in [0.15, 0.2) is 12.1 Å². The number of carbonyl (C=O) groups excluding carboxylic acids is 1. The Bertz CT molecular complexity index is 483. The molecule has 0 bridgehead atoms. The fraction of sp³-hybridized carbons (Fsp3) is 0.533. The summed E-state index contributed by atoms with van der Waals surface area (Å²) >= 11 is 0. The van der Waals surface area contributed by atoms with Crippen molar-refractivity contribution in [2.75, 3.05) is 7.11 Å². The lowest BCUT2D eigenvalue weighted by Crippen LogP contribution is -2.27. The number of hydrogen-bond donors (Lipinski definition) is 0. The third-order valence-corrected chi connectivity index (χ3v) is 3.20. The predicted molar refractivity (Wildman–Crippen MR) is 70.7 cm³/mol. The summed E-state index contributed by atoms with van der Waals surface area (Å²) in [6, 6.07) is 3.74. The van der Waals surface area contributed by atoms with E-state index in [9.17, 15) is 4.79 Å². The third-order valence-electron chi connectivity index (χ3n) is 3.20. The highest BCUT2D eigenvalue weighted by atomic mass is 16.5. The summed E-state index contributed by atoms with van der Waals surface area (Å²) in [5.74, 6) is 1.57. The number of ether oxygens (including phenoxy) is 2. The molecule has 0 fully saturated rings. The van der Waals surface area contributed by atoms with Gasteiger partial charge in [-0.3, -0.25) is 4.79 Å². The minimum absolute atomic E-state index is 0.0560. The summed E-state index contributed by atoms with van der Waals surface area (Å²) in [5, 5.41) is 0. The quantitative estimate of drug-likeness (QED) is 0.764. The van der Waals surface area contributed by atoms with E-state index >= 15 is 0 Å². The second-order valence-corrected chi connectivity index (χ2v) is 5.86. The summed E-state index contributed by atoms with van der Waals surface area (Å²) in [5.41, 5.74) is 1.59. The molecule has 0 aromatic heterocycles. The zero-order chi connectivity index (χ0) is 13.5. The van der Waals surface area contributed by atoms with Gasteiger partial charge in [0.1, 0.15) is 17.6 Å². The van der Waals surface area contributed by atoms with Gasteiger partial charge in [0, 0.05) is 12.0 Å². The molecule has 0 aliphatic carbocycles. The maximum Gasteiger partial charge on any atom is 0.170 e. The zero-order valence-electron chi connectivity index (χ0n) is 11.7. The van der Waals surface area contributed by atoms with Gasteiger partial charge >= 0.3 is 0 Å². The first kappa shape index (κ1) is 12.9. The van der Waals surface area contributed by atoms with Crippen LogP contribution in [0.3, 0.4) is 0 Å². The molecule has 3 nitrogen and oxygen atoms in total. The largest absolute Gasteiger partial charge is 0.497 e. The van der Waals surface area contributed by atoms with E-state index in [1.54, 1.807) is 13.2 Å². The van der Waals surface area contributed by atoms with Crippen LogP contribution in [0.25, 0.3) is 0 Å². The molecule has 0 amide bonds. The first-order valence-electron chi connectivity index (χ1n) is 6.25. The highest BCUT2D eigenvalue weighted by molar-refractivity contribution is 6.00.